The SMILES string of the molecule is COc1cccc(CC(=O)Nc2n[nH]c3cc(-c4ccc(N(C)C)cc4)ccc23)c1. The molecule has 4 rings (SSSR count). The number of nitrogens with one attached hydrogen (secondary N) is 2. The number of aromatic amines is 1. The van der Waals surface area contributed by atoms with Crippen molar-refractivity contribution in [3.63, 3.8) is 0 Å². The van der Waals surface area contributed by atoms with Gasteiger partial charge in [0.05, 0.1) is 19.0 Å². The van der Waals surface area contributed by atoms with E-state index < -0.39 is 0 Å². The van der Waals surface area contributed by atoms with Gasteiger partial charge in [-0.1, -0.05) is 30.3 Å². The second-order valence-corrected chi connectivity index (χ2v) is 7.35. The van der Waals surface area contributed by atoms with Crippen LogP contribution in [-0.4, -0.2) is 37.3 Å². The van der Waals surface area contributed by atoms with Crippen molar-refractivity contribution in [2.45, 2.75) is 6.42 Å². The number of hydrogen-bond donors (Lipinski definition) is 2. The zero-order valence-corrected chi connectivity index (χ0v) is 17.3. The molecule has 1 aromatic heterocycles. The van der Waals surface area contributed by atoms with Crippen molar-refractivity contribution in [1.29, 1.82) is 0 Å². The molecule has 2 N–H and O–H groups in total. The molecule has 0 atom stereocenters. The summed E-state index contributed by atoms with van der Waals surface area (Å²) in [5.74, 6) is 1.14. The molecule has 0 bridgehead atoms. The number of carbonyl (C=O) groups excluding carboxylic acids is 1. The third kappa shape index (κ3) is 4.12. The van der Waals surface area contributed by atoms with Gasteiger partial charge < -0.3 is 15.0 Å². The lowest BCUT2D eigenvalue weighted by molar-refractivity contribution is -0.115. The molecule has 0 unspecified atom stereocenters. The second-order valence-electron chi connectivity index (χ2n) is 7.35. The van der Waals surface area contributed by atoms with Crippen LogP contribution in [0.3, 0.4) is 0 Å². The first-order valence-corrected chi connectivity index (χ1v) is 9.72. The fraction of sp³-hybridized carbons (Fsp3) is 0.167. The molecule has 1 amide bonds. The third-order valence-electron chi connectivity index (χ3n) is 5.04. The minimum absolute atomic E-state index is 0.125. The molecule has 152 valence electrons. The number of benzene rings is 3. The van der Waals surface area contributed by atoms with Gasteiger partial charge in [-0.05, 0) is 53.1 Å². The summed E-state index contributed by atoms with van der Waals surface area (Å²) in [4.78, 5) is 14.6. The molecular formula is C24H24N4O2. The average molecular weight is 400 g/mol. The molecule has 3 aromatic carbocycles. The van der Waals surface area contributed by atoms with Crippen molar-refractivity contribution in [1.82, 2.24) is 10.2 Å². The molecule has 4 aromatic rings. The molecule has 1 heterocycles. The van der Waals surface area contributed by atoms with Gasteiger partial charge in [0, 0.05) is 25.2 Å². The molecule has 0 saturated carbocycles. The van der Waals surface area contributed by atoms with Crippen LogP contribution in [0.5, 0.6) is 5.75 Å². The Hall–Kier alpha value is -3.80. The van der Waals surface area contributed by atoms with Crippen LogP contribution in [0.4, 0.5) is 11.5 Å². The van der Waals surface area contributed by atoms with Gasteiger partial charge in [-0.25, -0.2) is 0 Å². The molecule has 6 nitrogen and oxygen atoms in total. The monoisotopic (exact) mass is 400 g/mol. The number of fused-ring (bicyclic) bond motifs is 1. The van der Waals surface area contributed by atoms with Crippen molar-refractivity contribution >= 4 is 28.3 Å². The molecule has 0 radical (unpaired) electrons. The number of methoxy groups -OCH3 is 1. The van der Waals surface area contributed by atoms with Crippen LogP contribution in [0.15, 0.2) is 66.7 Å². The number of aromatic nitrogens is 2. The van der Waals surface area contributed by atoms with E-state index in [9.17, 15) is 4.79 Å². The zero-order valence-electron chi connectivity index (χ0n) is 17.3. The summed E-state index contributed by atoms with van der Waals surface area (Å²) in [6.07, 6.45) is 0.252. The summed E-state index contributed by atoms with van der Waals surface area (Å²) < 4.78 is 5.21. The summed E-state index contributed by atoms with van der Waals surface area (Å²) in [7, 11) is 5.66. The summed E-state index contributed by atoms with van der Waals surface area (Å²) in [5, 5.41) is 11.1. The molecule has 0 spiro atoms. The normalized spacial score (nSPS) is 10.8. The number of rotatable bonds is 6. The van der Waals surface area contributed by atoms with Gasteiger partial charge >= 0.3 is 0 Å². The van der Waals surface area contributed by atoms with E-state index in [1.165, 1.54) is 0 Å². The molecule has 0 aliphatic rings. The quantitative estimate of drug-likeness (QED) is 0.500. The predicted octanol–water partition coefficient (Wildman–Crippen LogP) is 4.49. The fourth-order valence-electron chi connectivity index (χ4n) is 3.39. The Morgan fingerprint density at radius 2 is 1.80 bits per heavy atom. The molecule has 6 heteroatoms. The van der Waals surface area contributed by atoms with Crippen LogP contribution < -0.4 is 15.0 Å². The van der Waals surface area contributed by atoms with Crippen molar-refractivity contribution in [2.24, 2.45) is 0 Å². The summed E-state index contributed by atoms with van der Waals surface area (Å²) >= 11 is 0. The van der Waals surface area contributed by atoms with Gasteiger partial charge in [0.25, 0.3) is 0 Å². The summed E-state index contributed by atoms with van der Waals surface area (Å²) in [5.41, 5.74) is 5.13. The lowest BCUT2D eigenvalue weighted by Crippen LogP contribution is -2.14. The molecule has 30 heavy (non-hydrogen) atoms. The Labute approximate surface area is 175 Å². The maximum absolute atomic E-state index is 12.5. The van der Waals surface area contributed by atoms with Gasteiger partial charge in [0.2, 0.25) is 5.91 Å². The van der Waals surface area contributed by atoms with Gasteiger partial charge in [-0.2, -0.15) is 5.10 Å². The minimum Gasteiger partial charge on any atom is -0.497 e. The number of carbonyl (C=O) groups is 1. The van der Waals surface area contributed by atoms with Crippen molar-refractivity contribution in [3.8, 4) is 16.9 Å². The van der Waals surface area contributed by atoms with E-state index in [1.54, 1.807) is 7.11 Å². The van der Waals surface area contributed by atoms with Crippen LogP contribution >= 0.6 is 0 Å². The van der Waals surface area contributed by atoms with Crippen LogP contribution in [0, 0.1) is 0 Å². The summed E-state index contributed by atoms with van der Waals surface area (Å²) in [6.45, 7) is 0. The van der Waals surface area contributed by atoms with Crippen molar-refractivity contribution < 1.29 is 9.53 Å². The number of hydrogen-bond acceptors (Lipinski definition) is 4. The second kappa shape index (κ2) is 8.29. The number of H-pyrrole nitrogens is 1. The first-order valence-electron chi connectivity index (χ1n) is 9.72. The lowest BCUT2D eigenvalue weighted by Gasteiger charge is -2.12. The topological polar surface area (TPSA) is 70.2 Å². The highest BCUT2D eigenvalue weighted by molar-refractivity contribution is 6.01. The Morgan fingerprint density at radius 1 is 1.03 bits per heavy atom. The first kappa shape index (κ1) is 19.5. The largest absolute Gasteiger partial charge is 0.497 e. The highest BCUT2D eigenvalue weighted by Gasteiger charge is 2.11. The van der Waals surface area contributed by atoms with E-state index in [1.807, 2.05) is 56.6 Å². The zero-order chi connectivity index (χ0) is 21.1. The van der Waals surface area contributed by atoms with E-state index in [2.05, 4.69) is 44.7 Å². The predicted molar refractivity (Wildman–Crippen MR) is 121 cm³/mol. The van der Waals surface area contributed by atoms with Crippen molar-refractivity contribution in [3.05, 3.63) is 72.3 Å². The Morgan fingerprint density at radius 3 is 2.53 bits per heavy atom. The van der Waals surface area contributed by atoms with E-state index in [0.29, 0.717) is 5.82 Å². The van der Waals surface area contributed by atoms with Crippen LogP contribution in [0.2, 0.25) is 0 Å². The maximum Gasteiger partial charge on any atom is 0.230 e. The summed E-state index contributed by atoms with van der Waals surface area (Å²) in [6, 6.07) is 21.9. The van der Waals surface area contributed by atoms with E-state index in [-0.39, 0.29) is 12.3 Å². The van der Waals surface area contributed by atoms with E-state index in [0.717, 1.165) is 39.0 Å². The number of anilines is 2. The van der Waals surface area contributed by atoms with Gasteiger partial charge in [0.1, 0.15) is 5.75 Å². The highest BCUT2D eigenvalue weighted by Crippen LogP contribution is 2.28. The van der Waals surface area contributed by atoms with Gasteiger partial charge in [0.15, 0.2) is 5.82 Å². The standard InChI is InChI=1S/C24H24N4O2/c1-28(2)19-10-7-17(8-11-19)18-9-12-21-22(15-18)26-27-24(21)25-23(29)14-16-5-4-6-20(13-16)30-3/h4-13,15H,14H2,1-3H3,(H2,25,26,27,29). The molecule has 0 fully saturated rings. The van der Waals surface area contributed by atoms with E-state index >= 15 is 0 Å². The smallest absolute Gasteiger partial charge is 0.230 e. The average Bonchev–Trinajstić information content (AvgIpc) is 3.15. The first-order chi connectivity index (χ1) is 14.5. The van der Waals surface area contributed by atoms with Crippen LogP contribution in [-0.2, 0) is 11.2 Å². The fourth-order valence-corrected chi connectivity index (χ4v) is 3.39. The Kier molecular flexibility index (Phi) is 5.39. The number of ether oxygens (including phenoxy) is 1. The number of nitrogens with zero attached hydrogens (tertiary/aromatic N) is 2. The Bertz CT molecular complexity index is 1180. The molecule has 0 aliphatic carbocycles. The third-order valence-corrected chi connectivity index (χ3v) is 5.04. The number of amides is 1. The maximum atomic E-state index is 12.5. The molecular weight excluding hydrogens is 376 g/mol. The highest BCUT2D eigenvalue weighted by atomic mass is 16.5. The van der Waals surface area contributed by atoms with Crippen molar-refractivity contribution in [2.75, 3.05) is 31.4 Å². The van der Waals surface area contributed by atoms with E-state index in [4.69, 9.17) is 4.74 Å². The Balaban J connectivity index is 1.51. The van der Waals surface area contributed by atoms with Gasteiger partial charge in [-0.3, -0.25) is 9.89 Å². The molecule has 0 aliphatic heterocycles. The molecule has 0 saturated heterocycles. The minimum atomic E-state index is -0.125. The lowest BCUT2D eigenvalue weighted by atomic mass is 10.0. The van der Waals surface area contributed by atoms with Crippen LogP contribution in [0.25, 0.3) is 22.0 Å². The van der Waals surface area contributed by atoms with Crippen LogP contribution in [0.1, 0.15) is 5.56 Å². The van der Waals surface area contributed by atoms with Gasteiger partial charge in [-0.15, -0.1) is 0 Å².